The van der Waals surface area contributed by atoms with E-state index in [9.17, 15) is 0 Å². The maximum Gasteiger partial charge on any atom is 0.0324 e. The number of hydrogen-bond donors (Lipinski definition) is 0. The second kappa shape index (κ2) is 3.16. The van der Waals surface area contributed by atoms with Gasteiger partial charge >= 0.3 is 0 Å². The Labute approximate surface area is 61.3 Å². The Morgan fingerprint density at radius 1 is 1.56 bits per heavy atom. The smallest absolute Gasteiger partial charge is 0.0324 e. The van der Waals surface area contributed by atoms with Gasteiger partial charge in [0.2, 0.25) is 0 Å². The molecule has 0 aromatic carbocycles. The van der Waals surface area contributed by atoms with E-state index in [1.54, 1.807) is 0 Å². The highest BCUT2D eigenvalue weighted by atomic mass is 32.2. The molecule has 1 rings (SSSR count). The molecule has 0 radical (unpaired) electrons. The molecule has 0 bridgehead atoms. The van der Waals surface area contributed by atoms with E-state index < -0.39 is 0 Å². The number of nitrogens with zero attached hydrogens (tertiary/aromatic N) is 1. The summed E-state index contributed by atoms with van der Waals surface area (Å²) in [6.45, 7) is 5.64. The third-order valence-electron chi connectivity index (χ3n) is 1.13. The molecule has 0 atom stereocenters. The van der Waals surface area contributed by atoms with E-state index in [1.165, 1.54) is 13.0 Å². The van der Waals surface area contributed by atoms with Crippen molar-refractivity contribution in [1.82, 2.24) is 4.31 Å². The largest absolute Gasteiger partial charge is 0.323 e. The molecule has 0 aliphatic carbocycles. The summed E-state index contributed by atoms with van der Waals surface area (Å²) in [5.41, 5.74) is 0. The predicted octanol–water partition coefficient (Wildman–Crippen LogP) is 2.26. The van der Waals surface area contributed by atoms with Gasteiger partial charge in [0, 0.05) is 18.0 Å². The Morgan fingerprint density at radius 3 is 2.78 bits per heavy atom. The van der Waals surface area contributed by atoms with Gasteiger partial charge in [0.15, 0.2) is 0 Å². The monoisotopic (exact) mass is 143 g/mol. The van der Waals surface area contributed by atoms with Crippen molar-refractivity contribution in [2.24, 2.45) is 0 Å². The average molecular weight is 143 g/mol. The lowest BCUT2D eigenvalue weighted by atomic mass is 10.5. The van der Waals surface area contributed by atoms with E-state index in [2.05, 4.69) is 30.4 Å². The fourth-order valence-electron chi connectivity index (χ4n) is 0.827. The summed E-state index contributed by atoms with van der Waals surface area (Å²) in [6.07, 6.45) is 5.61. The maximum atomic E-state index is 2.30. The van der Waals surface area contributed by atoms with Gasteiger partial charge in [0.1, 0.15) is 0 Å². The first-order valence-corrected chi connectivity index (χ1v) is 4.23. The lowest BCUT2D eigenvalue weighted by Crippen LogP contribution is -2.07. The van der Waals surface area contributed by atoms with Gasteiger partial charge in [-0.2, -0.15) is 0 Å². The number of hydrogen-bond acceptors (Lipinski definition) is 2. The first-order valence-electron chi connectivity index (χ1n) is 3.39. The summed E-state index contributed by atoms with van der Waals surface area (Å²) >= 11 is 1.91. The Kier molecular flexibility index (Phi) is 2.46. The number of rotatable bonds is 2. The van der Waals surface area contributed by atoms with Gasteiger partial charge in [-0.1, -0.05) is 19.9 Å². The topological polar surface area (TPSA) is 3.24 Å². The molecule has 0 N–H and O–H groups in total. The highest BCUT2D eigenvalue weighted by Gasteiger charge is 2.05. The second-order valence-electron chi connectivity index (χ2n) is 2.47. The molecule has 0 saturated heterocycles. The van der Waals surface area contributed by atoms with E-state index in [4.69, 9.17) is 0 Å². The van der Waals surface area contributed by atoms with Gasteiger partial charge in [0.05, 0.1) is 0 Å². The lowest BCUT2D eigenvalue weighted by Gasteiger charge is -2.15. The standard InChI is InChI=1S/C7H13NS/c1-7(2)9-8-5-3-4-6-8/h3,5,7H,4,6H2,1-2H3. The van der Waals surface area contributed by atoms with Crippen LogP contribution >= 0.6 is 11.9 Å². The van der Waals surface area contributed by atoms with Crippen molar-refractivity contribution >= 4 is 11.9 Å². The van der Waals surface area contributed by atoms with E-state index >= 15 is 0 Å². The Bertz CT molecular complexity index is 109. The highest BCUT2D eigenvalue weighted by molar-refractivity contribution is 7.97. The van der Waals surface area contributed by atoms with Crippen LogP contribution in [0.4, 0.5) is 0 Å². The van der Waals surface area contributed by atoms with Gasteiger partial charge < -0.3 is 4.31 Å². The van der Waals surface area contributed by atoms with Crippen LogP contribution in [-0.4, -0.2) is 16.1 Å². The van der Waals surface area contributed by atoms with Crippen molar-refractivity contribution < 1.29 is 0 Å². The molecule has 0 fully saturated rings. The summed E-state index contributed by atoms with van der Waals surface area (Å²) in [6, 6.07) is 0. The molecular formula is C7H13NS. The quantitative estimate of drug-likeness (QED) is 0.545. The Hall–Kier alpha value is -0.110. The van der Waals surface area contributed by atoms with Crippen molar-refractivity contribution in [2.75, 3.05) is 6.54 Å². The molecule has 1 aliphatic heterocycles. The van der Waals surface area contributed by atoms with Crippen molar-refractivity contribution in [3.8, 4) is 0 Å². The molecule has 52 valence electrons. The molecule has 0 aromatic rings. The van der Waals surface area contributed by atoms with Crippen molar-refractivity contribution in [3.05, 3.63) is 12.3 Å². The summed E-state index contributed by atoms with van der Waals surface area (Å²) in [5.74, 6) is 0. The molecule has 0 saturated carbocycles. The van der Waals surface area contributed by atoms with Gasteiger partial charge in [-0.05, 0) is 18.4 Å². The zero-order valence-electron chi connectivity index (χ0n) is 6.00. The van der Waals surface area contributed by atoms with Crippen molar-refractivity contribution in [1.29, 1.82) is 0 Å². The van der Waals surface area contributed by atoms with E-state index in [-0.39, 0.29) is 0 Å². The summed E-state index contributed by atoms with van der Waals surface area (Å²) in [5, 5.41) is 0.716. The minimum atomic E-state index is 0.716. The van der Waals surface area contributed by atoms with Crippen LogP contribution in [0.25, 0.3) is 0 Å². The fourth-order valence-corrected chi connectivity index (χ4v) is 1.74. The molecule has 1 heterocycles. The minimum Gasteiger partial charge on any atom is -0.323 e. The normalized spacial score (nSPS) is 17.9. The van der Waals surface area contributed by atoms with Crippen LogP contribution in [0.1, 0.15) is 20.3 Å². The molecule has 2 heteroatoms. The van der Waals surface area contributed by atoms with E-state index in [1.807, 2.05) is 11.9 Å². The zero-order valence-corrected chi connectivity index (χ0v) is 6.82. The van der Waals surface area contributed by atoms with Gasteiger partial charge in [-0.25, -0.2) is 0 Å². The fraction of sp³-hybridized carbons (Fsp3) is 0.714. The highest BCUT2D eigenvalue weighted by Crippen LogP contribution is 2.20. The van der Waals surface area contributed by atoms with Gasteiger partial charge in [-0.3, -0.25) is 0 Å². The van der Waals surface area contributed by atoms with Gasteiger partial charge in [-0.15, -0.1) is 0 Å². The molecule has 0 unspecified atom stereocenters. The Morgan fingerprint density at radius 2 is 2.33 bits per heavy atom. The van der Waals surface area contributed by atoms with Crippen LogP contribution in [0.2, 0.25) is 0 Å². The minimum absolute atomic E-state index is 0.716. The molecular weight excluding hydrogens is 130 g/mol. The first kappa shape index (κ1) is 7.00. The first-order chi connectivity index (χ1) is 4.29. The van der Waals surface area contributed by atoms with Crippen LogP contribution in [-0.2, 0) is 0 Å². The average Bonchev–Trinajstić information content (AvgIpc) is 2.15. The van der Waals surface area contributed by atoms with Crippen molar-refractivity contribution in [2.45, 2.75) is 25.5 Å². The van der Waals surface area contributed by atoms with Crippen LogP contribution in [0.5, 0.6) is 0 Å². The van der Waals surface area contributed by atoms with Crippen LogP contribution < -0.4 is 0 Å². The SMILES string of the molecule is CC(C)SN1C=CCC1. The lowest BCUT2D eigenvalue weighted by molar-refractivity contribution is 0.666. The third kappa shape index (κ3) is 2.31. The Balaban J connectivity index is 2.20. The summed E-state index contributed by atoms with van der Waals surface area (Å²) in [4.78, 5) is 0. The van der Waals surface area contributed by atoms with E-state index in [0.29, 0.717) is 5.25 Å². The van der Waals surface area contributed by atoms with Crippen LogP contribution in [0.3, 0.4) is 0 Å². The third-order valence-corrected chi connectivity index (χ3v) is 2.13. The van der Waals surface area contributed by atoms with Gasteiger partial charge in [0.25, 0.3) is 0 Å². The van der Waals surface area contributed by atoms with Crippen LogP contribution in [0, 0.1) is 0 Å². The van der Waals surface area contributed by atoms with Crippen molar-refractivity contribution in [3.63, 3.8) is 0 Å². The van der Waals surface area contributed by atoms with E-state index in [0.717, 1.165) is 0 Å². The summed E-state index contributed by atoms with van der Waals surface area (Å²) < 4.78 is 2.30. The molecule has 1 nitrogen and oxygen atoms in total. The summed E-state index contributed by atoms with van der Waals surface area (Å²) in [7, 11) is 0. The zero-order chi connectivity index (χ0) is 6.69. The molecule has 9 heavy (non-hydrogen) atoms. The van der Waals surface area contributed by atoms with Crippen LogP contribution in [0.15, 0.2) is 12.3 Å². The molecule has 0 spiro atoms. The molecule has 0 aromatic heterocycles. The maximum absolute atomic E-state index is 2.30. The molecule has 1 aliphatic rings. The second-order valence-corrected chi connectivity index (χ2v) is 4.09. The predicted molar refractivity (Wildman–Crippen MR) is 43.2 cm³/mol. The molecule has 0 amide bonds.